The summed E-state index contributed by atoms with van der Waals surface area (Å²) in [5.41, 5.74) is 0.947. The number of amides is 3. The number of thiazole rings is 1. The molecule has 206 valence electrons. The minimum absolute atomic E-state index is 0.0896. The number of β-lactam (4-membered cyclic amide) rings is 1. The zero-order valence-corrected chi connectivity index (χ0v) is 22.6. The predicted molar refractivity (Wildman–Crippen MR) is 141 cm³/mol. The number of fused-ring (bicyclic) bond motifs is 2. The summed E-state index contributed by atoms with van der Waals surface area (Å²) in [5.74, 6) is -1.88. The van der Waals surface area contributed by atoms with Crippen molar-refractivity contribution < 1.29 is 29.1 Å². The van der Waals surface area contributed by atoms with Gasteiger partial charge in [-0.05, 0) is 41.0 Å². The van der Waals surface area contributed by atoms with E-state index in [-0.39, 0.29) is 34.1 Å². The summed E-state index contributed by atoms with van der Waals surface area (Å²) in [6.45, 7) is 0. The number of anilines is 1. The maximum atomic E-state index is 13.2. The van der Waals surface area contributed by atoms with Crippen LogP contribution in [0.2, 0.25) is 0 Å². The molecule has 0 spiro atoms. The van der Waals surface area contributed by atoms with E-state index in [0.29, 0.717) is 28.4 Å². The molecule has 3 aromatic rings. The lowest BCUT2D eigenvalue weighted by Gasteiger charge is -2.49. The molecule has 1 aliphatic carbocycles. The molecule has 2 atom stereocenters. The average molecular weight is 603 g/mol. The van der Waals surface area contributed by atoms with Crippen molar-refractivity contribution in [1.82, 2.24) is 40.5 Å². The van der Waals surface area contributed by atoms with Crippen LogP contribution in [0.4, 0.5) is 5.13 Å². The number of aliphatic carboxylic acids is 1. The Kier molecular flexibility index (Phi) is 7.07. The molecule has 40 heavy (non-hydrogen) atoms. The maximum Gasteiger partial charge on any atom is 0.352 e. The number of carbonyl (C=O) groups is 4. The summed E-state index contributed by atoms with van der Waals surface area (Å²) in [7, 11) is 0. The first-order valence-electron chi connectivity index (χ1n) is 11.7. The second kappa shape index (κ2) is 10.8. The highest BCUT2D eigenvalue weighted by Crippen LogP contribution is 2.41. The molecule has 0 unspecified atom stereocenters. The molecule has 0 bridgehead atoms. The molecule has 3 aliphatic rings. The number of hydrogen-bond donors (Lipinski definition) is 3. The molecular formula is C21H18N10O6S3. The van der Waals surface area contributed by atoms with Gasteiger partial charge in [0.25, 0.3) is 11.8 Å². The molecule has 16 nitrogen and oxygen atoms in total. The number of rotatable bonds is 11. The normalized spacial score (nSPS) is 20.6. The molecule has 3 N–H and O–H groups in total. The van der Waals surface area contributed by atoms with Crippen molar-refractivity contribution in [3.8, 4) is 0 Å². The van der Waals surface area contributed by atoms with Gasteiger partial charge in [0.1, 0.15) is 33.9 Å². The molecule has 2 aliphatic heterocycles. The lowest BCUT2D eigenvalue weighted by molar-refractivity contribution is -0.150. The summed E-state index contributed by atoms with van der Waals surface area (Å²) < 4.78 is 1.27. The fourth-order valence-electron chi connectivity index (χ4n) is 3.88. The number of nitrogens with zero attached hydrogens (tertiary/aromatic N) is 8. The van der Waals surface area contributed by atoms with Gasteiger partial charge in [0.15, 0.2) is 16.5 Å². The molecule has 3 amide bonds. The minimum atomic E-state index is -1.24. The van der Waals surface area contributed by atoms with Gasteiger partial charge in [0.05, 0.1) is 0 Å². The summed E-state index contributed by atoms with van der Waals surface area (Å²) in [5, 5.41) is 36.1. The first kappa shape index (κ1) is 26.1. The van der Waals surface area contributed by atoms with Crippen LogP contribution in [-0.2, 0) is 24.0 Å². The fourth-order valence-corrected chi connectivity index (χ4v) is 6.87. The number of nitrogens with one attached hydrogen (secondary N) is 2. The van der Waals surface area contributed by atoms with E-state index in [2.05, 4.69) is 41.4 Å². The smallest absolute Gasteiger partial charge is 0.352 e. The second-order valence-corrected chi connectivity index (χ2v) is 11.6. The third kappa shape index (κ3) is 5.09. The Morgan fingerprint density at radius 1 is 1.32 bits per heavy atom. The van der Waals surface area contributed by atoms with Crippen molar-refractivity contribution in [2.24, 2.45) is 5.16 Å². The zero-order valence-electron chi connectivity index (χ0n) is 20.2. The zero-order chi connectivity index (χ0) is 27.8. The van der Waals surface area contributed by atoms with Crippen LogP contribution in [0.1, 0.15) is 18.5 Å². The fraction of sp³-hybridized carbons (Fsp3) is 0.333. The minimum Gasteiger partial charge on any atom is -0.477 e. The van der Waals surface area contributed by atoms with Crippen molar-refractivity contribution >= 4 is 75.5 Å². The Morgan fingerprint density at radius 3 is 2.95 bits per heavy atom. The van der Waals surface area contributed by atoms with Crippen molar-refractivity contribution in [2.45, 2.75) is 35.4 Å². The van der Waals surface area contributed by atoms with E-state index >= 15 is 0 Å². The van der Waals surface area contributed by atoms with Crippen LogP contribution in [0.5, 0.6) is 0 Å². The largest absolute Gasteiger partial charge is 0.477 e. The molecule has 19 heteroatoms. The lowest BCUT2D eigenvalue weighted by atomic mass is 10.0. The number of hydrogen-bond acceptors (Lipinski definition) is 14. The Balaban J connectivity index is 1.16. The van der Waals surface area contributed by atoms with Crippen LogP contribution in [-0.4, -0.2) is 99.2 Å². The Hall–Kier alpha value is -4.10. The van der Waals surface area contributed by atoms with E-state index in [1.54, 1.807) is 12.1 Å². The van der Waals surface area contributed by atoms with Crippen molar-refractivity contribution in [3.05, 3.63) is 34.5 Å². The van der Waals surface area contributed by atoms with Gasteiger partial charge in [-0.2, -0.15) is 0 Å². The van der Waals surface area contributed by atoms with Gasteiger partial charge in [-0.3, -0.25) is 19.3 Å². The Morgan fingerprint density at radius 2 is 2.17 bits per heavy atom. The average Bonchev–Trinajstić information content (AvgIpc) is 3.46. The van der Waals surface area contributed by atoms with E-state index in [4.69, 9.17) is 4.84 Å². The SMILES string of the molecule is O=CNc1nc(/C(=N/OC2CC2)C(=O)N[C@@H]2C(=O)N3C(C(=O)O)=C(CSc4ccc5nnnn5n4)CS[C@H]23)cs1. The molecule has 1 saturated heterocycles. The summed E-state index contributed by atoms with van der Waals surface area (Å²) >= 11 is 3.74. The number of carbonyl (C=O) groups excluding carboxylic acids is 3. The molecule has 3 aromatic heterocycles. The summed E-state index contributed by atoms with van der Waals surface area (Å²) in [4.78, 5) is 60.0. The van der Waals surface area contributed by atoms with Gasteiger partial charge >= 0.3 is 5.97 Å². The van der Waals surface area contributed by atoms with Crippen LogP contribution in [0.25, 0.3) is 5.65 Å². The number of tetrazole rings is 1. The van der Waals surface area contributed by atoms with Gasteiger partial charge in [-0.1, -0.05) is 5.16 Å². The monoisotopic (exact) mass is 602 g/mol. The molecular weight excluding hydrogens is 584 g/mol. The van der Waals surface area contributed by atoms with Gasteiger partial charge in [0, 0.05) is 16.9 Å². The summed E-state index contributed by atoms with van der Waals surface area (Å²) in [6.07, 6.45) is 2.00. The highest BCUT2D eigenvalue weighted by molar-refractivity contribution is 8.01. The highest BCUT2D eigenvalue weighted by atomic mass is 32.2. The van der Waals surface area contributed by atoms with Crippen molar-refractivity contribution in [1.29, 1.82) is 0 Å². The third-order valence-corrected chi connectivity index (χ3v) is 9.06. The third-order valence-electron chi connectivity index (χ3n) is 5.94. The molecule has 5 heterocycles. The molecule has 0 radical (unpaired) electrons. The van der Waals surface area contributed by atoms with Gasteiger partial charge < -0.3 is 20.6 Å². The van der Waals surface area contributed by atoms with Gasteiger partial charge in [-0.15, -0.1) is 49.7 Å². The number of thioether (sulfide) groups is 2. The number of carboxylic acid groups (broad SMARTS) is 1. The summed E-state index contributed by atoms with van der Waals surface area (Å²) in [6, 6.07) is 2.45. The number of carboxylic acids is 1. The van der Waals surface area contributed by atoms with Crippen LogP contribution in [0, 0.1) is 0 Å². The van der Waals surface area contributed by atoms with Crippen LogP contribution in [0.3, 0.4) is 0 Å². The van der Waals surface area contributed by atoms with E-state index in [9.17, 15) is 24.3 Å². The topological polar surface area (TPSA) is 206 Å². The van der Waals surface area contributed by atoms with Crippen molar-refractivity contribution in [2.75, 3.05) is 16.8 Å². The predicted octanol–water partition coefficient (Wildman–Crippen LogP) is -0.0419. The first-order valence-corrected chi connectivity index (χ1v) is 14.6. The van der Waals surface area contributed by atoms with Crippen LogP contribution in [0.15, 0.2) is 39.0 Å². The second-order valence-electron chi connectivity index (χ2n) is 8.65. The number of aromatic nitrogens is 6. The van der Waals surface area contributed by atoms with E-state index in [1.165, 1.54) is 38.4 Å². The standard InChI is InChI=1S/C21H18N10O6S3/c32-8-22-21-23-11(7-40-21)14(27-37-10-1-2-10)17(33)24-15-18(34)30-16(20(35)36)9(6-39-19(15)30)5-38-13-4-3-12-25-28-29-31(12)26-13/h3-4,7-8,10,15,19H,1-2,5-6H2,(H,24,33)(H,35,36)(H,22,23,32)/b27-14-/t15-,19-/m1/s1. The first-order chi connectivity index (χ1) is 19.4. The Bertz CT molecular complexity index is 1580. The number of oxime groups is 1. The van der Waals surface area contributed by atoms with Crippen LogP contribution < -0.4 is 10.6 Å². The molecule has 0 aromatic carbocycles. The Labute approximate surface area is 236 Å². The quantitative estimate of drug-likeness (QED) is 0.0867. The van der Waals surface area contributed by atoms with E-state index in [1.807, 2.05) is 0 Å². The van der Waals surface area contributed by atoms with Crippen molar-refractivity contribution in [3.63, 3.8) is 0 Å². The molecule has 2 fully saturated rings. The van der Waals surface area contributed by atoms with Crippen LogP contribution >= 0.6 is 34.9 Å². The highest BCUT2D eigenvalue weighted by Gasteiger charge is 2.54. The van der Waals surface area contributed by atoms with Gasteiger partial charge in [0.2, 0.25) is 6.41 Å². The maximum absolute atomic E-state index is 13.2. The lowest BCUT2D eigenvalue weighted by Crippen LogP contribution is -2.71. The van der Waals surface area contributed by atoms with Gasteiger partial charge in [-0.25, -0.2) is 9.78 Å². The van der Waals surface area contributed by atoms with E-state index in [0.717, 1.165) is 24.2 Å². The molecule has 6 rings (SSSR count). The van der Waals surface area contributed by atoms with E-state index < -0.39 is 29.2 Å². The molecule has 1 saturated carbocycles.